The lowest BCUT2D eigenvalue weighted by molar-refractivity contribution is 0.500. The molecule has 1 heterocycles. The number of benzene rings is 1. The molecule has 1 N–H and O–H groups in total. The summed E-state index contributed by atoms with van der Waals surface area (Å²) in [4.78, 5) is 0. The van der Waals surface area contributed by atoms with Crippen molar-refractivity contribution in [1.29, 1.82) is 0 Å². The first-order valence-electron chi connectivity index (χ1n) is 7.11. The van der Waals surface area contributed by atoms with Crippen LogP contribution in [-0.2, 0) is 19.9 Å². The summed E-state index contributed by atoms with van der Waals surface area (Å²) in [7, 11) is 1.88. The normalized spacial score (nSPS) is 12.6. The summed E-state index contributed by atoms with van der Waals surface area (Å²) in [6.45, 7) is 3.12. The third-order valence-electron chi connectivity index (χ3n) is 3.27. The van der Waals surface area contributed by atoms with Crippen LogP contribution in [0.1, 0.15) is 24.6 Å². The number of hydrogen-bond donors (Lipinski definition) is 1. The fourth-order valence-corrected chi connectivity index (χ4v) is 2.74. The first-order valence-corrected chi connectivity index (χ1v) is 7.86. The third-order valence-corrected chi connectivity index (χ3v) is 3.86. The van der Waals surface area contributed by atoms with Gasteiger partial charge in [0.15, 0.2) is 0 Å². The predicted octanol–water partition coefficient (Wildman–Crippen LogP) is 3.28. The summed E-state index contributed by atoms with van der Waals surface area (Å²) in [6, 6.07) is 5.93. The van der Waals surface area contributed by atoms with Gasteiger partial charge in [-0.1, -0.05) is 41.4 Å². The number of halogens is 2. The zero-order valence-corrected chi connectivity index (χ0v) is 13.8. The highest BCUT2D eigenvalue weighted by atomic mass is 35.5. The fourth-order valence-electron chi connectivity index (χ4n) is 2.26. The predicted molar refractivity (Wildman–Crippen MR) is 87.0 cm³/mol. The van der Waals surface area contributed by atoms with E-state index in [-0.39, 0.29) is 6.04 Å². The molecule has 0 saturated carbocycles. The van der Waals surface area contributed by atoms with Gasteiger partial charge in [0.2, 0.25) is 0 Å². The molecule has 0 aliphatic rings. The van der Waals surface area contributed by atoms with Crippen LogP contribution in [0, 0.1) is 0 Å². The van der Waals surface area contributed by atoms with E-state index in [4.69, 9.17) is 23.2 Å². The van der Waals surface area contributed by atoms with Crippen LogP contribution < -0.4 is 5.32 Å². The number of aromatic nitrogens is 3. The molecule has 2 aromatic rings. The largest absolute Gasteiger partial charge is 0.313 e. The van der Waals surface area contributed by atoms with E-state index in [2.05, 4.69) is 22.6 Å². The molecule has 1 aromatic carbocycles. The van der Waals surface area contributed by atoms with Crippen molar-refractivity contribution in [3.05, 3.63) is 45.7 Å². The van der Waals surface area contributed by atoms with Crippen molar-refractivity contribution >= 4 is 23.2 Å². The van der Waals surface area contributed by atoms with Gasteiger partial charge in [-0.25, -0.2) is 0 Å². The van der Waals surface area contributed by atoms with Crippen molar-refractivity contribution in [2.75, 3.05) is 6.54 Å². The Bertz CT molecular complexity index is 583. The fraction of sp³-hybridized carbons (Fsp3) is 0.467. The molecular weight excluding hydrogens is 307 g/mol. The minimum Gasteiger partial charge on any atom is -0.313 e. The van der Waals surface area contributed by atoms with E-state index in [1.807, 2.05) is 25.4 Å². The molecule has 0 aliphatic carbocycles. The average Bonchev–Trinajstić information content (AvgIpc) is 2.84. The smallest absolute Gasteiger partial charge is 0.0842 e. The van der Waals surface area contributed by atoms with Crippen LogP contribution in [0.15, 0.2) is 24.4 Å². The maximum atomic E-state index is 6.27. The summed E-state index contributed by atoms with van der Waals surface area (Å²) in [5, 5.41) is 13.1. The number of aryl methyl sites for hydroxylation is 1. The van der Waals surface area contributed by atoms with E-state index >= 15 is 0 Å². The first kappa shape index (κ1) is 16.3. The molecule has 2 rings (SSSR count). The third kappa shape index (κ3) is 4.99. The van der Waals surface area contributed by atoms with Crippen LogP contribution in [0.2, 0.25) is 10.0 Å². The van der Waals surface area contributed by atoms with Crippen LogP contribution >= 0.6 is 23.2 Å². The molecule has 1 atom stereocenters. The molecule has 0 aliphatic heterocycles. The van der Waals surface area contributed by atoms with Crippen molar-refractivity contribution in [3.63, 3.8) is 0 Å². The lowest BCUT2D eigenvalue weighted by Crippen LogP contribution is -2.34. The second-order valence-corrected chi connectivity index (χ2v) is 6.02. The van der Waals surface area contributed by atoms with Crippen molar-refractivity contribution in [3.8, 4) is 0 Å². The summed E-state index contributed by atoms with van der Waals surface area (Å²) < 4.78 is 1.72. The van der Waals surface area contributed by atoms with E-state index in [0.29, 0.717) is 10.0 Å². The van der Waals surface area contributed by atoms with E-state index in [9.17, 15) is 0 Å². The van der Waals surface area contributed by atoms with Gasteiger partial charge in [0.05, 0.1) is 5.69 Å². The molecule has 0 spiro atoms. The Labute approximate surface area is 135 Å². The van der Waals surface area contributed by atoms with Crippen molar-refractivity contribution in [1.82, 2.24) is 20.3 Å². The average molecular weight is 327 g/mol. The monoisotopic (exact) mass is 326 g/mol. The van der Waals surface area contributed by atoms with Gasteiger partial charge in [0.1, 0.15) is 0 Å². The summed E-state index contributed by atoms with van der Waals surface area (Å²) in [5.74, 6) is 0. The lowest BCUT2D eigenvalue weighted by Gasteiger charge is -2.18. The molecule has 0 radical (unpaired) electrons. The molecule has 4 nitrogen and oxygen atoms in total. The van der Waals surface area contributed by atoms with Crippen molar-refractivity contribution in [2.45, 2.75) is 32.2 Å². The SMILES string of the molecule is CCCNC(Cc1cn(C)nn1)Cc1ccc(Cl)cc1Cl. The maximum absolute atomic E-state index is 6.27. The Morgan fingerprint density at radius 2 is 2.10 bits per heavy atom. The van der Waals surface area contributed by atoms with Crippen LogP contribution in [0.4, 0.5) is 0 Å². The van der Waals surface area contributed by atoms with Crippen molar-refractivity contribution in [2.24, 2.45) is 7.05 Å². The summed E-state index contributed by atoms with van der Waals surface area (Å²) >= 11 is 12.2. The highest BCUT2D eigenvalue weighted by molar-refractivity contribution is 6.35. The minimum atomic E-state index is 0.278. The molecule has 21 heavy (non-hydrogen) atoms. The van der Waals surface area contributed by atoms with Gasteiger partial charge in [0.25, 0.3) is 0 Å². The maximum Gasteiger partial charge on any atom is 0.0842 e. The second kappa shape index (κ2) is 7.78. The van der Waals surface area contributed by atoms with E-state index < -0.39 is 0 Å². The number of rotatable bonds is 7. The zero-order valence-electron chi connectivity index (χ0n) is 12.3. The van der Waals surface area contributed by atoms with E-state index in [1.165, 1.54) is 0 Å². The minimum absolute atomic E-state index is 0.278. The zero-order chi connectivity index (χ0) is 15.2. The van der Waals surface area contributed by atoms with Gasteiger partial charge in [-0.05, 0) is 37.1 Å². The molecule has 0 amide bonds. The molecular formula is C15H20Cl2N4. The van der Waals surface area contributed by atoms with Gasteiger partial charge in [-0.2, -0.15) is 0 Å². The molecule has 0 saturated heterocycles. The number of nitrogens with one attached hydrogen (secondary N) is 1. The van der Waals surface area contributed by atoms with Gasteiger partial charge < -0.3 is 5.32 Å². The molecule has 0 fully saturated rings. The molecule has 1 aromatic heterocycles. The Kier molecular flexibility index (Phi) is 6.03. The molecule has 114 valence electrons. The van der Waals surface area contributed by atoms with E-state index in [0.717, 1.165) is 37.1 Å². The van der Waals surface area contributed by atoms with Crippen LogP contribution in [0.25, 0.3) is 0 Å². The molecule has 1 unspecified atom stereocenters. The second-order valence-electron chi connectivity index (χ2n) is 5.18. The standard InChI is InChI=1S/C15H20Cl2N4/c1-3-6-18-13(9-14-10-21(2)20-19-14)7-11-4-5-12(16)8-15(11)17/h4-5,8,10,13,18H,3,6-7,9H2,1-2H3. The summed E-state index contributed by atoms with van der Waals surface area (Å²) in [6.07, 6.45) is 4.70. The van der Waals surface area contributed by atoms with Gasteiger partial charge in [-0.15, -0.1) is 5.10 Å². The Morgan fingerprint density at radius 3 is 2.71 bits per heavy atom. The number of hydrogen-bond acceptors (Lipinski definition) is 3. The highest BCUT2D eigenvalue weighted by Crippen LogP contribution is 2.22. The van der Waals surface area contributed by atoms with Crippen LogP contribution in [-0.4, -0.2) is 27.6 Å². The Morgan fingerprint density at radius 1 is 1.29 bits per heavy atom. The van der Waals surface area contributed by atoms with Gasteiger partial charge in [0, 0.05) is 35.8 Å². The van der Waals surface area contributed by atoms with Crippen LogP contribution in [0.3, 0.4) is 0 Å². The van der Waals surface area contributed by atoms with Gasteiger partial charge in [-0.3, -0.25) is 4.68 Å². The van der Waals surface area contributed by atoms with Gasteiger partial charge >= 0.3 is 0 Å². The van der Waals surface area contributed by atoms with Crippen molar-refractivity contribution < 1.29 is 0 Å². The van der Waals surface area contributed by atoms with E-state index in [1.54, 1.807) is 10.7 Å². The lowest BCUT2D eigenvalue weighted by atomic mass is 10.0. The van der Waals surface area contributed by atoms with Crippen LogP contribution in [0.5, 0.6) is 0 Å². The molecule has 0 bridgehead atoms. The molecule has 6 heteroatoms. The topological polar surface area (TPSA) is 42.7 Å². The number of nitrogens with zero attached hydrogens (tertiary/aromatic N) is 3. The quantitative estimate of drug-likeness (QED) is 0.849. The highest BCUT2D eigenvalue weighted by Gasteiger charge is 2.14. The Balaban J connectivity index is 2.08. The summed E-state index contributed by atoms with van der Waals surface area (Å²) in [5.41, 5.74) is 2.08. The Hall–Kier alpha value is -1.10. The first-order chi connectivity index (χ1) is 10.1.